The fourth-order valence-electron chi connectivity index (χ4n) is 5.03. The SMILES string of the molecule is C1CCC(P(C2CCCCC2)C2CCCCC2)CC1.CC(=O)O. The summed E-state index contributed by atoms with van der Waals surface area (Å²) >= 11 is 0. The molecule has 0 saturated heterocycles. The normalized spacial score (nSPS) is 25.0. The van der Waals surface area contributed by atoms with Crippen LogP contribution in [0.3, 0.4) is 0 Å². The van der Waals surface area contributed by atoms with E-state index in [0.29, 0.717) is 7.92 Å². The van der Waals surface area contributed by atoms with Crippen molar-refractivity contribution in [3.63, 3.8) is 0 Å². The minimum atomic E-state index is -0.833. The van der Waals surface area contributed by atoms with Crippen molar-refractivity contribution in [1.82, 2.24) is 0 Å². The highest BCUT2D eigenvalue weighted by atomic mass is 31.1. The van der Waals surface area contributed by atoms with Gasteiger partial charge < -0.3 is 5.11 Å². The Hall–Kier alpha value is -0.100. The Morgan fingerprint density at radius 2 is 0.870 bits per heavy atom. The molecule has 3 aliphatic carbocycles. The molecule has 2 nitrogen and oxygen atoms in total. The van der Waals surface area contributed by atoms with Crippen LogP contribution >= 0.6 is 7.92 Å². The lowest BCUT2D eigenvalue weighted by atomic mass is 9.99. The van der Waals surface area contributed by atoms with Gasteiger partial charge in [0.05, 0.1) is 0 Å². The molecule has 0 unspecified atom stereocenters. The van der Waals surface area contributed by atoms with Crippen LogP contribution in [-0.4, -0.2) is 28.1 Å². The molecule has 1 N–H and O–H groups in total. The second kappa shape index (κ2) is 10.7. The summed E-state index contributed by atoms with van der Waals surface area (Å²) in [6.07, 6.45) is 23.6. The molecule has 0 aromatic heterocycles. The number of hydrogen-bond acceptors (Lipinski definition) is 1. The van der Waals surface area contributed by atoms with Crippen LogP contribution in [0, 0.1) is 0 Å². The van der Waals surface area contributed by atoms with Gasteiger partial charge in [-0.1, -0.05) is 65.7 Å². The molecule has 134 valence electrons. The number of carboxylic acids is 1. The first-order chi connectivity index (χ1) is 11.2. The van der Waals surface area contributed by atoms with Gasteiger partial charge in [-0.25, -0.2) is 0 Å². The Morgan fingerprint density at radius 3 is 1.09 bits per heavy atom. The quantitative estimate of drug-likeness (QED) is 0.591. The fourth-order valence-corrected chi connectivity index (χ4v) is 9.71. The molecule has 0 aromatic carbocycles. The number of aliphatic carboxylic acids is 1. The summed E-state index contributed by atoms with van der Waals surface area (Å²) in [4.78, 5) is 9.00. The molecule has 3 saturated carbocycles. The average Bonchev–Trinajstić information content (AvgIpc) is 2.58. The third-order valence-electron chi connectivity index (χ3n) is 5.99. The maximum Gasteiger partial charge on any atom is 0.300 e. The third-order valence-corrected chi connectivity index (χ3v) is 10.1. The molecule has 3 rings (SSSR count). The van der Waals surface area contributed by atoms with Crippen LogP contribution < -0.4 is 0 Å². The number of rotatable bonds is 3. The van der Waals surface area contributed by atoms with Crippen LogP contribution in [0.15, 0.2) is 0 Å². The van der Waals surface area contributed by atoms with Crippen LogP contribution in [0.5, 0.6) is 0 Å². The lowest BCUT2D eigenvalue weighted by Gasteiger charge is -2.44. The topological polar surface area (TPSA) is 37.3 Å². The van der Waals surface area contributed by atoms with Crippen LogP contribution in [0.1, 0.15) is 103 Å². The van der Waals surface area contributed by atoms with Crippen LogP contribution in [0.2, 0.25) is 0 Å². The van der Waals surface area contributed by atoms with E-state index >= 15 is 0 Å². The fraction of sp³-hybridized carbons (Fsp3) is 0.950. The molecule has 0 aromatic rings. The van der Waals surface area contributed by atoms with E-state index in [0.717, 1.165) is 6.92 Å². The van der Waals surface area contributed by atoms with Gasteiger partial charge in [-0.05, 0) is 55.5 Å². The van der Waals surface area contributed by atoms with Crippen molar-refractivity contribution in [3.8, 4) is 0 Å². The second-order valence-corrected chi connectivity index (χ2v) is 10.9. The summed E-state index contributed by atoms with van der Waals surface area (Å²) in [5.74, 6) is -0.833. The maximum atomic E-state index is 9.00. The predicted molar refractivity (Wildman–Crippen MR) is 101 cm³/mol. The molecule has 23 heavy (non-hydrogen) atoms. The standard InChI is InChI=1S/C18H33P.C2H4O2/c1-4-10-16(11-5-1)19(17-12-6-2-7-13-17)18-14-8-3-9-15-18;1-2(3)4/h16-18H,1-15H2;1H3,(H,3,4). The minimum absolute atomic E-state index is 0.385. The van der Waals surface area contributed by atoms with Crippen molar-refractivity contribution < 1.29 is 9.90 Å². The highest BCUT2D eigenvalue weighted by Crippen LogP contribution is 2.61. The molecular weight excluding hydrogens is 303 g/mol. The molecule has 0 amide bonds. The average molecular weight is 340 g/mol. The smallest absolute Gasteiger partial charge is 0.300 e. The zero-order valence-electron chi connectivity index (χ0n) is 15.1. The Balaban J connectivity index is 0.000000433. The lowest BCUT2D eigenvalue weighted by molar-refractivity contribution is -0.134. The van der Waals surface area contributed by atoms with Crippen molar-refractivity contribution in [2.24, 2.45) is 0 Å². The molecule has 3 aliphatic rings. The van der Waals surface area contributed by atoms with Crippen LogP contribution in [-0.2, 0) is 4.79 Å². The van der Waals surface area contributed by atoms with E-state index in [4.69, 9.17) is 9.90 Å². The van der Waals surface area contributed by atoms with E-state index in [1.165, 1.54) is 36.2 Å². The van der Waals surface area contributed by atoms with E-state index in [9.17, 15) is 0 Å². The largest absolute Gasteiger partial charge is 0.481 e. The highest BCUT2D eigenvalue weighted by molar-refractivity contribution is 7.59. The summed E-state index contributed by atoms with van der Waals surface area (Å²) in [6, 6.07) is 0. The van der Waals surface area contributed by atoms with Crippen molar-refractivity contribution in [1.29, 1.82) is 0 Å². The highest BCUT2D eigenvalue weighted by Gasteiger charge is 2.36. The lowest BCUT2D eigenvalue weighted by Crippen LogP contribution is -2.28. The molecule has 0 atom stereocenters. The van der Waals surface area contributed by atoms with Gasteiger partial charge in [0.15, 0.2) is 0 Å². The molecule has 0 bridgehead atoms. The molecule has 0 aliphatic heterocycles. The monoisotopic (exact) mass is 340 g/mol. The zero-order chi connectivity index (χ0) is 16.5. The van der Waals surface area contributed by atoms with E-state index in [-0.39, 0.29) is 0 Å². The third kappa shape index (κ3) is 6.73. The Bertz CT molecular complexity index is 280. The molecule has 0 radical (unpaired) electrons. The first kappa shape index (κ1) is 19.2. The summed E-state index contributed by atoms with van der Waals surface area (Å²) < 4.78 is 0. The van der Waals surface area contributed by atoms with Crippen LogP contribution in [0.4, 0.5) is 0 Å². The van der Waals surface area contributed by atoms with E-state index in [1.807, 2.05) is 0 Å². The van der Waals surface area contributed by atoms with Crippen molar-refractivity contribution in [3.05, 3.63) is 0 Å². The summed E-state index contributed by atoms with van der Waals surface area (Å²) in [5, 5.41) is 7.42. The second-order valence-electron chi connectivity index (χ2n) is 7.84. The Morgan fingerprint density at radius 1 is 0.652 bits per heavy atom. The van der Waals surface area contributed by atoms with E-state index in [2.05, 4.69) is 0 Å². The Labute approximate surface area is 144 Å². The number of hydrogen-bond donors (Lipinski definition) is 1. The summed E-state index contributed by atoms with van der Waals surface area (Å²) in [7, 11) is 0.385. The van der Waals surface area contributed by atoms with Gasteiger partial charge in [0.1, 0.15) is 0 Å². The maximum absolute atomic E-state index is 9.00. The summed E-state index contributed by atoms with van der Waals surface area (Å²) in [6.45, 7) is 1.08. The van der Waals surface area contributed by atoms with Gasteiger partial charge in [-0.2, -0.15) is 0 Å². The first-order valence-corrected chi connectivity index (χ1v) is 11.7. The van der Waals surface area contributed by atoms with Crippen molar-refractivity contribution in [2.75, 3.05) is 0 Å². The van der Waals surface area contributed by atoms with Gasteiger partial charge >= 0.3 is 0 Å². The minimum Gasteiger partial charge on any atom is -0.481 e. The van der Waals surface area contributed by atoms with Crippen LogP contribution in [0.25, 0.3) is 0 Å². The number of carboxylic acid groups (broad SMARTS) is 1. The predicted octanol–water partition coefficient (Wildman–Crippen LogP) is 6.56. The first-order valence-electron chi connectivity index (χ1n) is 10.2. The van der Waals surface area contributed by atoms with E-state index < -0.39 is 5.97 Å². The molecule has 3 fully saturated rings. The van der Waals surface area contributed by atoms with Gasteiger partial charge in [-0.15, -0.1) is 0 Å². The van der Waals surface area contributed by atoms with Crippen molar-refractivity contribution >= 4 is 13.9 Å². The van der Waals surface area contributed by atoms with Gasteiger partial charge in [-0.3, -0.25) is 4.79 Å². The van der Waals surface area contributed by atoms with Gasteiger partial charge in [0.25, 0.3) is 5.97 Å². The molecule has 0 heterocycles. The van der Waals surface area contributed by atoms with Gasteiger partial charge in [0, 0.05) is 6.92 Å². The zero-order valence-corrected chi connectivity index (χ0v) is 16.0. The number of carbonyl (C=O) groups is 1. The molecular formula is C20H37O2P. The molecule has 0 spiro atoms. The molecule has 3 heteroatoms. The van der Waals surface area contributed by atoms with Crippen molar-refractivity contribution in [2.45, 2.75) is 120 Å². The van der Waals surface area contributed by atoms with Gasteiger partial charge in [0.2, 0.25) is 0 Å². The summed E-state index contributed by atoms with van der Waals surface area (Å²) in [5.41, 5.74) is 3.57. The Kier molecular flexibility index (Phi) is 8.95. The van der Waals surface area contributed by atoms with E-state index in [1.54, 1.807) is 77.0 Å².